The van der Waals surface area contributed by atoms with Crippen LogP contribution in [0.5, 0.6) is 0 Å². The molecule has 2 atom stereocenters. The molecular formula is C18H38BrNO2. The summed E-state index contributed by atoms with van der Waals surface area (Å²) < 4.78 is 13.0. The summed E-state index contributed by atoms with van der Waals surface area (Å²) >= 11 is 0. The maximum absolute atomic E-state index is 6.15. The van der Waals surface area contributed by atoms with E-state index in [9.17, 15) is 0 Å². The number of hydrogen-bond donors (Lipinski definition) is 0. The van der Waals surface area contributed by atoms with E-state index < -0.39 is 0 Å². The SMILES string of the molecule is CCCCCCCCCCC1(C)OCC(C[N+](C)(C)C)O1.[Br-]. The Morgan fingerprint density at radius 3 is 2.05 bits per heavy atom. The maximum Gasteiger partial charge on any atom is 0.166 e. The van der Waals surface area contributed by atoms with Gasteiger partial charge in [0.25, 0.3) is 0 Å². The highest BCUT2D eigenvalue weighted by atomic mass is 79.9. The van der Waals surface area contributed by atoms with Gasteiger partial charge < -0.3 is 30.9 Å². The quantitative estimate of drug-likeness (QED) is 0.398. The highest BCUT2D eigenvalue weighted by Crippen LogP contribution is 2.29. The molecule has 0 saturated carbocycles. The molecule has 1 saturated heterocycles. The molecule has 0 aromatic heterocycles. The summed E-state index contributed by atoms with van der Waals surface area (Å²) in [7, 11) is 6.62. The first-order valence-corrected chi connectivity index (χ1v) is 8.97. The van der Waals surface area contributed by atoms with Gasteiger partial charge in [0.05, 0.1) is 27.7 Å². The van der Waals surface area contributed by atoms with Crippen molar-refractivity contribution in [3.8, 4) is 0 Å². The Hall–Kier alpha value is 0.360. The number of quaternary nitrogens is 1. The normalized spacial score (nSPS) is 25.2. The summed E-state index contributed by atoms with van der Waals surface area (Å²) in [5, 5.41) is 0. The molecule has 0 amide bonds. The number of nitrogens with zero attached hydrogens (tertiary/aromatic N) is 1. The van der Waals surface area contributed by atoms with E-state index in [1.54, 1.807) is 0 Å². The summed E-state index contributed by atoms with van der Waals surface area (Å²) in [6.07, 6.45) is 12.1. The fourth-order valence-corrected chi connectivity index (χ4v) is 3.10. The van der Waals surface area contributed by atoms with Gasteiger partial charge in [0.1, 0.15) is 12.6 Å². The maximum atomic E-state index is 6.15. The summed E-state index contributed by atoms with van der Waals surface area (Å²) in [5.74, 6) is -0.331. The standard InChI is InChI=1S/C18H38NO2.BrH/c1-6-7-8-9-10-11-12-13-14-18(2)20-16-17(21-18)15-19(3,4)5;/h17H,6-16H2,1-5H3;1H/q+1;/p-1. The number of halogens is 1. The van der Waals surface area contributed by atoms with Crippen LogP contribution in [0.15, 0.2) is 0 Å². The van der Waals surface area contributed by atoms with E-state index in [0.29, 0.717) is 0 Å². The summed E-state index contributed by atoms with van der Waals surface area (Å²) in [4.78, 5) is 0. The second-order valence-electron chi connectivity index (χ2n) is 7.88. The third kappa shape index (κ3) is 10.2. The van der Waals surface area contributed by atoms with Crippen LogP contribution in [0.1, 0.15) is 71.6 Å². The molecule has 0 N–H and O–H groups in total. The molecule has 1 fully saturated rings. The van der Waals surface area contributed by atoms with Crippen LogP contribution >= 0.6 is 0 Å². The van der Waals surface area contributed by atoms with Crippen LogP contribution in [-0.4, -0.2) is 50.7 Å². The molecule has 2 unspecified atom stereocenters. The van der Waals surface area contributed by atoms with Gasteiger partial charge in [-0.15, -0.1) is 0 Å². The molecule has 0 spiro atoms. The van der Waals surface area contributed by atoms with Gasteiger partial charge in [-0.05, 0) is 13.3 Å². The van der Waals surface area contributed by atoms with E-state index in [-0.39, 0.29) is 28.9 Å². The van der Waals surface area contributed by atoms with E-state index in [1.807, 2.05) is 0 Å². The van der Waals surface area contributed by atoms with E-state index in [0.717, 1.165) is 24.1 Å². The lowest BCUT2D eigenvalue weighted by atomic mass is 10.0. The Labute approximate surface area is 149 Å². The fourth-order valence-electron chi connectivity index (χ4n) is 3.10. The molecule has 1 aliphatic rings. The third-order valence-corrected chi connectivity index (χ3v) is 4.23. The molecule has 22 heavy (non-hydrogen) atoms. The summed E-state index contributed by atoms with van der Waals surface area (Å²) in [5.41, 5.74) is 0. The Bertz CT molecular complexity index is 281. The second-order valence-corrected chi connectivity index (χ2v) is 7.88. The summed E-state index contributed by atoms with van der Waals surface area (Å²) in [6.45, 7) is 6.16. The van der Waals surface area contributed by atoms with Gasteiger partial charge in [-0.25, -0.2) is 0 Å². The number of likely N-dealkylation sites (N-methyl/N-ethyl adjacent to an activating group) is 1. The van der Waals surface area contributed by atoms with Crippen LogP contribution in [0.25, 0.3) is 0 Å². The zero-order valence-corrected chi connectivity index (χ0v) is 17.1. The highest BCUT2D eigenvalue weighted by Gasteiger charge is 2.38. The second kappa shape index (κ2) is 11.0. The highest BCUT2D eigenvalue weighted by molar-refractivity contribution is 4.75. The number of rotatable bonds is 11. The Morgan fingerprint density at radius 2 is 1.50 bits per heavy atom. The van der Waals surface area contributed by atoms with Crippen molar-refractivity contribution < 1.29 is 30.9 Å². The van der Waals surface area contributed by atoms with E-state index in [2.05, 4.69) is 35.0 Å². The smallest absolute Gasteiger partial charge is 0.166 e. The van der Waals surface area contributed by atoms with Crippen LogP contribution in [0.2, 0.25) is 0 Å². The van der Waals surface area contributed by atoms with Crippen molar-refractivity contribution in [2.75, 3.05) is 34.3 Å². The molecule has 0 aliphatic carbocycles. The molecule has 134 valence electrons. The van der Waals surface area contributed by atoms with Gasteiger partial charge >= 0.3 is 0 Å². The predicted molar refractivity (Wildman–Crippen MR) is 89.4 cm³/mol. The van der Waals surface area contributed by atoms with Crippen LogP contribution in [0, 0.1) is 0 Å². The zero-order chi connectivity index (χ0) is 15.8. The Balaban J connectivity index is 0.00000441. The van der Waals surface area contributed by atoms with Crippen LogP contribution in [0.3, 0.4) is 0 Å². The van der Waals surface area contributed by atoms with E-state index in [4.69, 9.17) is 9.47 Å². The van der Waals surface area contributed by atoms with Crippen molar-refractivity contribution in [1.82, 2.24) is 0 Å². The average Bonchev–Trinajstić information content (AvgIpc) is 2.72. The fraction of sp³-hybridized carbons (Fsp3) is 1.00. The molecule has 1 rings (SSSR count). The molecule has 1 aliphatic heterocycles. The zero-order valence-electron chi connectivity index (χ0n) is 15.5. The third-order valence-electron chi connectivity index (χ3n) is 4.23. The van der Waals surface area contributed by atoms with Gasteiger partial charge in [-0.1, -0.05) is 51.9 Å². The molecule has 4 heteroatoms. The monoisotopic (exact) mass is 379 g/mol. The van der Waals surface area contributed by atoms with Crippen molar-refractivity contribution in [2.45, 2.75) is 83.5 Å². The number of hydrogen-bond acceptors (Lipinski definition) is 2. The van der Waals surface area contributed by atoms with Crippen LogP contribution < -0.4 is 17.0 Å². The molecule has 0 bridgehead atoms. The van der Waals surface area contributed by atoms with Crippen molar-refractivity contribution in [2.24, 2.45) is 0 Å². The topological polar surface area (TPSA) is 18.5 Å². The van der Waals surface area contributed by atoms with Gasteiger partial charge in [-0.2, -0.15) is 0 Å². The number of unbranched alkanes of at least 4 members (excludes halogenated alkanes) is 7. The van der Waals surface area contributed by atoms with Gasteiger partial charge in [-0.3, -0.25) is 0 Å². The Kier molecular flexibility index (Phi) is 11.2. The van der Waals surface area contributed by atoms with Crippen molar-refractivity contribution in [3.05, 3.63) is 0 Å². The van der Waals surface area contributed by atoms with Gasteiger partial charge in [0.2, 0.25) is 0 Å². The minimum atomic E-state index is -0.331. The molecule has 1 heterocycles. The number of ether oxygens (including phenoxy) is 2. The van der Waals surface area contributed by atoms with E-state index >= 15 is 0 Å². The van der Waals surface area contributed by atoms with Crippen molar-refractivity contribution >= 4 is 0 Å². The lowest BCUT2D eigenvalue weighted by Crippen LogP contribution is -3.00. The lowest BCUT2D eigenvalue weighted by Gasteiger charge is -2.28. The molecule has 0 aromatic carbocycles. The molecular weight excluding hydrogens is 342 g/mol. The molecule has 0 aromatic rings. The lowest BCUT2D eigenvalue weighted by molar-refractivity contribution is -0.873. The first-order valence-electron chi connectivity index (χ1n) is 8.97. The van der Waals surface area contributed by atoms with Crippen molar-refractivity contribution in [1.29, 1.82) is 0 Å². The minimum Gasteiger partial charge on any atom is -1.00 e. The largest absolute Gasteiger partial charge is 1.00 e. The summed E-state index contributed by atoms with van der Waals surface area (Å²) in [6, 6.07) is 0. The first-order chi connectivity index (χ1) is 9.85. The predicted octanol–water partition coefficient (Wildman–Crippen LogP) is 1.36. The van der Waals surface area contributed by atoms with Gasteiger partial charge in [0, 0.05) is 6.42 Å². The van der Waals surface area contributed by atoms with Crippen LogP contribution in [-0.2, 0) is 9.47 Å². The first kappa shape index (κ1) is 22.4. The van der Waals surface area contributed by atoms with Crippen molar-refractivity contribution in [3.63, 3.8) is 0 Å². The minimum absolute atomic E-state index is 0. The van der Waals surface area contributed by atoms with Gasteiger partial charge in [0.15, 0.2) is 5.79 Å². The van der Waals surface area contributed by atoms with E-state index in [1.165, 1.54) is 51.4 Å². The average molecular weight is 380 g/mol. The van der Waals surface area contributed by atoms with Crippen LogP contribution in [0.4, 0.5) is 0 Å². The Morgan fingerprint density at radius 1 is 0.955 bits per heavy atom. The molecule has 0 radical (unpaired) electrons. The molecule has 3 nitrogen and oxygen atoms in total.